The maximum atomic E-state index is 15.0. The number of hydrogen-bond donors (Lipinski definition) is 0. The van der Waals surface area contributed by atoms with E-state index in [4.69, 9.17) is 9.47 Å². The van der Waals surface area contributed by atoms with Gasteiger partial charge in [-0.3, -0.25) is 9.80 Å². The highest BCUT2D eigenvalue weighted by Crippen LogP contribution is 2.42. The Morgan fingerprint density at radius 1 is 1.02 bits per heavy atom. The van der Waals surface area contributed by atoms with Gasteiger partial charge in [-0.05, 0) is 66.2 Å². The highest BCUT2D eigenvalue weighted by atomic mass is 32.2. The number of fused-ring (bicyclic) bond motifs is 1. The van der Waals surface area contributed by atoms with Gasteiger partial charge in [0, 0.05) is 66.7 Å². The van der Waals surface area contributed by atoms with E-state index in [0.717, 1.165) is 21.4 Å². The number of halogens is 2. The number of nitrogens with zero attached hydrogens (tertiary/aromatic N) is 5. The van der Waals surface area contributed by atoms with Gasteiger partial charge in [-0.2, -0.15) is 21.9 Å². The van der Waals surface area contributed by atoms with Crippen molar-refractivity contribution in [3.8, 4) is 0 Å². The monoisotopic (exact) mass is 581 g/mol. The summed E-state index contributed by atoms with van der Waals surface area (Å²) in [6.07, 6.45) is 1.65. The van der Waals surface area contributed by atoms with Crippen LogP contribution in [0.5, 0.6) is 0 Å². The van der Waals surface area contributed by atoms with Crippen LogP contribution in [0.4, 0.5) is 8.78 Å². The van der Waals surface area contributed by atoms with E-state index < -0.39 is 27.9 Å². The summed E-state index contributed by atoms with van der Waals surface area (Å²) in [6.45, 7) is 15.5. The van der Waals surface area contributed by atoms with E-state index in [1.807, 2.05) is 0 Å². The van der Waals surface area contributed by atoms with Crippen LogP contribution >= 0.6 is 0 Å². The zero-order valence-electron chi connectivity index (χ0n) is 24.2. The van der Waals surface area contributed by atoms with Gasteiger partial charge in [0.15, 0.2) is 0 Å². The van der Waals surface area contributed by atoms with Crippen LogP contribution in [-0.2, 0) is 32.8 Å². The molecule has 0 radical (unpaired) electrons. The quantitative estimate of drug-likeness (QED) is 0.533. The first-order valence-corrected chi connectivity index (χ1v) is 15.3. The Balaban J connectivity index is 1.39. The number of benzene rings is 1. The van der Waals surface area contributed by atoms with Gasteiger partial charge in [0.1, 0.15) is 17.7 Å². The van der Waals surface area contributed by atoms with Gasteiger partial charge in [-0.1, -0.05) is 0 Å². The predicted octanol–water partition coefficient (Wildman–Crippen LogP) is 3.70. The SMILES string of the molecule is CC(C)(C)N([C@H]1C[C@@H](N2Cc3cn(S(=O)(=O)N4CCOCC4)nc3C2)CO[C@@H]1c1cc(F)ccc1F)C(C)(C)C. The van der Waals surface area contributed by atoms with Crippen LogP contribution in [-0.4, -0.2) is 87.8 Å². The lowest BCUT2D eigenvalue weighted by Gasteiger charge is -2.55. The van der Waals surface area contributed by atoms with Crippen molar-refractivity contribution in [2.45, 2.75) is 90.3 Å². The molecule has 0 amide bonds. The van der Waals surface area contributed by atoms with Crippen molar-refractivity contribution >= 4 is 10.2 Å². The van der Waals surface area contributed by atoms with Crippen molar-refractivity contribution in [2.24, 2.45) is 0 Å². The second-order valence-corrected chi connectivity index (χ2v) is 14.8. The molecule has 0 spiro atoms. The van der Waals surface area contributed by atoms with E-state index >= 15 is 4.39 Å². The molecule has 2 fully saturated rings. The van der Waals surface area contributed by atoms with Crippen LogP contribution in [0.15, 0.2) is 24.4 Å². The lowest BCUT2D eigenvalue weighted by atomic mass is 9.84. The number of hydrogen-bond acceptors (Lipinski definition) is 7. The molecule has 1 aromatic heterocycles. The average molecular weight is 582 g/mol. The van der Waals surface area contributed by atoms with Crippen molar-refractivity contribution in [1.82, 2.24) is 23.3 Å². The zero-order chi connectivity index (χ0) is 29.0. The molecule has 12 heteroatoms. The second kappa shape index (κ2) is 10.7. The van der Waals surface area contributed by atoms with Gasteiger partial charge in [0.05, 0.1) is 25.5 Å². The van der Waals surface area contributed by atoms with Crippen LogP contribution in [0.3, 0.4) is 0 Å². The molecule has 0 aliphatic carbocycles. The lowest BCUT2D eigenvalue weighted by molar-refractivity contribution is -0.136. The molecule has 3 aliphatic rings. The summed E-state index contributed by atoms with van der Waals surface area (Å²) in [5, 5.41) is 4.46. The number of rotatable bonds is 5. The summed E-state index contributed by atoms with van der Waals surface area (Å²) in [4.78, 5) is 4.60. The third-order valence-electron chi connectivity index (χ3n) is 8.00. The van der Waals surface area contributed by atoms with Crippen LogP contribution in [0.2, 0.25) is 0 Å². The highest BCUT2D eigenvalue weighted by Gasteiger charge is 2.47. The average Bonchev–Trinajstić information content (AvgIpc) is 3.45. The van der Waals surface area contributed by atoms with E-state index in [-0.39, 0.29) is 28.7 Å². The Hall–Kier alpha value is -1.96. The Kier molecular flexibility index (Phi) is 7.90. The summed E-state index contributed by atoms with van der Waals surface area (Å²) < 4.78 is 69.7. The summed E-state index contributed by atoms with van der Waals surface area (Å²) in [5.74, 6) is -0.970. The van der Waals surface area contributed by atoms with Crippen LogP contribution in [0.1, 0.15) is 70.9 Å². The van der Waals surface area contributed by atoms with Crippen molar-refractivity contribution in [1.29, 1.82) is 0 Å². The van der Waals surface area contributed by atoms with Crippen molar-refractivity contribution in [2.75, 3.05) is 32.9 Å². The van der Waals surface area contributed by atoms with E-state index in [2.05, 4.69) is 56.4 Å². The smallest absolute Gasteiger partial charge is 0.323 e. The molecule has 9 nitrogen and oxygen atoms in total. The third-order valence-corrected chi connectivity index (χ3v) is 9.68. The minimum absolute atomic E-state index is 0.0106. The van der Waals surface area contributed by atoms with E-state index in [0.29, 0.717) is 52.4 Å². The van der Waals surface area contributed by atoms with Crippen LogP contribution in [0, 0.1) is 11.6 Å². The topological polar surface area (TPSA) is 80.1 Å². The Morgan fingerprint density at radius 2 is 1.70 bits per heavy atom. The molecule has 5 rings (SSSR count). The first kappa shape index (κ1) is 29.5. The minimum atomic E-state index is -3.74. The number of ether oxygens (including phenoxy) is 2. The normalized spacial score (nSPS) is 25.5. The van der Waals surface area contributed by atoms with Crippen molar-refractivity contribution in [3.63, 3.8) is 0 Å². The van der Waals surface area contributed by atoms with Crippen molar-refractivity contribution < 1.29 is 26.7 Å². The fraction of sp³-hybridized carbons (Fsp3) is 0.679. The van der Waals surface area contributed by atoms with Crippen LogP contribution in [0.25, 0.3) is 0 Å². The molecule has 0 bridgehead atoms. The molecule has 2 saturated heterocycles. The first-order valence-electron chi connectivity index (χ1n) is 13.9. The highest BCUT2D eigenvalue weighted by molar-refractivity contribution is 7.87. The number of morpholine rings is 1. The van der Waals surface area contributed by atoms with Gasteiger partial charge >= 0.3 is 10.2 Å². The summed E-state index contributed by atoms with van der Waals surface area (Å²) in [5.41, 5.74) is 1.28. The van der Waals surface area contributed by atoms with E-state index in [1.54, 1.807) is 6.20 Å². The minimum Gasteiger partial charge on any atom is -0.379 e. The molecular weight excluding hydrogens is 540 g/mol. The van der Waals surface area contributed by atoms with Crippen molar-refractivity contribution in [3.05, 3.63) is 52.9 Å². The Morgan fingerprint density at radius 3 is 2.33 bits per heavy atom. The molecular formula is C28H41F2N5O4S. The molecule has 222 valence electrons. The maximum absolute atomic E-state index is 15.0. The largest absolute Gasteiger partial charge is 0.379 e. The molecule has 0 N–H and O–H groups in total. The Labute approximate surface area is 236 Å². The van der Waals surface area contributed by atoms with Gasteiger partial charge in [-0.25, -0.2) is 8.78 Å². The van der Waals surface area contributed by atoms with E-state index in [1.165, 1.54) is 16.4 Å². The molecule has 2 aromatic rings. The molecule has 40 heavy (non-hydrogen) atoms. The third kappa shape index (κ3) is 5.71. The molecule has 0 unspecified atom stereocenters. The first-order chi connectivity index (χ1) is 18.7. The van der Waals surface area contributed by atoms with Gasteiger partial charge in [0.25, 0.3) is 0 Å². The predicted molar refractivity (Wildman–Crippen MR) is 147 cm³/mol. The fourth-order valence-electron chi connectivity index (χ4n) is 6.75. The van der Waals surface area contributed by atoms with Crippen LogP contribution < -0.4 is 0 Å². The molecule has 4 heterocycles. The van der Waals surface area contributed by atoms with E-state index in [9.17, 15) is 12.8 Å². The lowest BCUT2D eigenvalue weighted by Crippen LogP contribution is -2.62. The zero-order valence-corrected chi connectivity index (χ0v) is 25.0. The van der Waals surface area contributed by atoms with Gasteiger partial charge in [-0.15, -0.1) is 0 Å². The number of aromatic nitrogens is 2. The standard InChI is InChI=1S/C28H41F2N5O4S/c1-27(2,3)35(28(4,5)6)25-14-21(18-39-26(25)22-13-20(29)7-8-23(22)30)32-15-19-16-34(31-24(19)17-32)40(36,37)33-9-11-38-12-10-33/h7-8,13,16,21,25-26H,9-12,14-15,17-18H2,1-6H3/t21-,25+,26-/m1/s1. The summed E-state index contributed by atoms with van der Waals surface area (Å²) in [7, 11) is -3.74. The fourth-order valence-corrected chi connectivity index (χ4v) is 8.06. The summed E-state index contributed by atoms with van der Waals surface area (Å²) >= 11 is 0. The summed E-state index contributed by atoms with van der Waals surface area (Å²) in [6, 6.07) is 3.30. The molecule has 3 atom stereocenters. The van der Waals surface area contributed by atoms with Gasteiger partial charge < -0.3 is 9.47 Å². The molecule has 3 aliphatic heterocycles. The second-order valence-electron chi connectivity index (χ2n) is 13.0. The molecule has 0 saturated carbocycles. The Bertz CT molecular complexity index is 1290. The molecule has 1 aromatic carbocycles. The van der Waals surface area contributed by atoms with Gasteiger partial charge in [0.2, 0.25) is 0 Å². The maximum Gasteiger partial charge on any atom is 0.323 e.